The molecular weight excluding hydrogens is 496 g/mol. The van der Waals surface area contributed by atoms with Crippen LogP contribution in [0, 0.1) is 17.6 Å². The van der Waals surface area contributed by atoms with Gasteiger partial charge in [-0.25, -0.2) is 8.78 Å². The number of hydrogen-bond acceptors (Lipinski definition) is 3. The van der Waals surface area contributed by atoms with Crippen LogP contribution in [-0.4, -0.2) is 28.2 Å². The van der Waals surface area contributed by atoms with Crippen molar-refractivity contribution >= 4 is 34.7 Å². The molecule has 0 unspecified atom stereocenters. The Morgan fingerprint density at radius 1 is 1.08 bits per heavy atom. The van der Waals surface area contributed by atoms with Crippen molar-refractivity contribution in [1.82, 2.24) is 9.88 Å². The summed E-state index contributed by atoms with van der Waals surface area (Å²) in [7, 11) is 0. The third-order valence-electron chi connectivity index (χ3n) is 7.12. The highest BCUT2D eigenvalue weighted by Crippen LogP contribution is 2.37. The van der Waals surface area contributed by atoms with E-state index in [1.54, 1.807) is 11.1 Å². The number of halogens is 3. The van der Waals surface area contributed by atoms with Gasteiger partial charge in [-0.15, -0.1) is 0 Å². The molecule has 3 heterocycles. The molecule has 2 aliphatic rings. The smallest absolute Gasteiger partial charge is 0.247 e. The fourth-order valence-electron chi connectivity index (χ4n) is 5.09. The number of benzene rings is 2. The number of fused-ring (bicyclic) bond motifs is 4. The second-order valence-electron chi connectivity index (χ2n) is 9.52. The summed E-state index contributed by atoms with van der Waals surface area (Å²) in [5, 5.41) is 2.86. The van der Waals surface area contributed by atoms with Crippen LogP contribution in [0.4, 0.5) is 14.5 Å². The molecule has 2 bridgehead atoms. The van der Waals surface area contributed by atoms with Gasteiger partial charge in [0, 0.05) is 36.0 Å². The van der Waals surface area contributed by atoms with Crippen LogP contribution in [0.25, 0.3) is 16.7 Å². The number of amides is 2. The van der Waals surface area contributed by atoms with Crippen molar-refractivity contribution in [3.8, 4) is 11.1 Å². The van der Waals surface area contributed by atoms with E-state index in [9.17, 15) is 18.4 Å². The minimum atomic E-state index is -0.861. The molecule has 5 nitrogen and oxygen atoms in total. The summed E-state index contributed by atoms with van der Waals surface area (Å²) < 4.78 is 29.1. The quantitative estimate of drug-likeness (QED) is 0.377. The van der Waals surface area contributed by atoms with Gasteiger partial charge in [0.1, 0.15) is 5.82 Å². The van der Waals surface area contributed by atoms with Gasteiger partial charge in [-0.3, -0.25) is 14.6 Å². The Morgan fingerprint density at radius 3 is 2.70 bits per heavy atom. The van der Waals surface area contributed by atoms with Crippen LogP contribution in [-0.2, 0) is 9.59 Å². The fraction of sp³-hybridized carbons (Fsp3) is 0.276. The molecule has 2 atom stereocenters. The number of nitrogens with zero attached hydrogens (tertiary/aromatic N) is 2. The first-order chi connectivity index (χ1) is 17.8. The number of hydrogen-bond donors (Lipinski definition) is 1. The predicted molar refractivity (Wildman–Crippen MR) is 140 cm³/mol. The highest BCUT2D eigenvalue weighted by molar-refractivity contribution is 6.31. The summed E-state index contributed by atoms with van der Waals surface area (Å²) in [6.07, 6.45) is 5.23. The highest BCUT2D eigenvalue weighted by Gasteiger charge is 2.31. The van der Waals surface area contributed by atoms with E-state index in [2.05, 4.69) is 10.3 Å². The molecule has 1 N–H and O–H groups in total. The van der Waals surface area contributed by atoms with Crippen molar-refractivity contribution in [3.63, 3.8) is 0 Å². The zero-order valence-electron chi connectivity index (χ0n) is 20.3. The van der Waals surface area contributed by atoms with Gasteiger partial charge in [0.25, 0.3) is 0 Å². The standard InChI is InChI=1S/C29H26ClF2N3O2/c1-17-5-4-8-25(24-15-18(11-13-33-24)20-6-2-3-7-23(20)34-29(17)37)35-14-12-19(16-26(35)36)27-22(31)10-9-21(30)28(27)32/h2-3,6-7,9-11,13,15-17,25H,4-5,8,12,14H2,1H3,(H,34,37)/t17-,25+/m1/s1. The Kier molecular flexibility index (Phi) is 7.07. The number of aromatic nitrogens is 1. The van der Waals surface area contributed by atoms with Gasteiger partial charge >= 0.3 is 0 Å². The molecular formula is C29H26ClF2N3O2. The Labute approximate surface area is 219 Å². The van der Waals surface area contributed by atoms with E-state index in [0.29, 0.717) is 19.3 Å². The van der Waals surface area contributed by atoms with Crippen LogP contribution in [0.2, 0.25) is 5.02 Å². The Balaban J connectivity index is 1.52. The number of pyridine rings is 1. The molecule has 2 amide bonds. The molecule has 0 fully saturated rings. The first-order valence-corrected chi connectivity index (χ1v) is 12.7. The first-order valence-electron chi connectivity index (χ1n) is 12.3. The zero-order valence-corrected chi connectivity index (χ0v) is 21.1. The summed E-state index contributed by atoms with van der Waals surface area (Å²) in [5.74, 6) is -2.21. The van der Waals surface area contributed by atoms with Crippen LogP contribution >= 0.6 is 11.6 Å². The van der Waals surface area contributed by atoms with Crippen LogP contribution in [0.3, 0.4) is 0 Å². The van der Waals surface area contributed by atoms with E-state index in [-0.39, 0.29) is 52.9 Å². The monoisotopic (exact) mass is 521 g/mol. The van der Waals surface area contributed by atoms with E-state index < -0.39 is 11.6 Å². The molecule has 3 aromatic rings. The van der Waals surface area contributed by atoms with E-state index >= 15 is 0 Å². The minimum Gasteiger partial charge on any atom is -0.330 e. The maximum Gasteiger partial charge on any atom is 0.247 e. The van der Waals surface area contributed by atoms with Crippen LogP contribution < -0.4 is 5.32 Å². The molecule has 0 radical (unpaired) electrons. The summed E-state index contributed by atoms with van der Waals surface area (Å²) in [6.45, 7) is 2.17. The van der Waals surface area contributed by atoms with Crippen LogP contribution in [0.15, 0.2) is 60.8 Å². The first kappa shape index (κ1) is 25.1. The van der Waals surface area contributed by atoms with Gasteiger partial charge in [0.15, 0.2) is 5.82 Å². The second kappa shape index (κ2) is 10.4. The predicted octanol–water partition coefficient (Wildman–Crippen LogP) is 6.80. The molecule has 8 heteroatoms. The summed E-state index contributed by atoms with van der Waals surface area (Å²) in [6, 6.07) is 13.3. The van der Waals surface area contributed by atoms with Crippen LogP contribution in [0.1, 0.15) is 49.9 Å². The third kappa shape index (κ3) is 5.01. The molecule has 190 valence electrons. The van der Waals surface area contributed by atoms with Gasteiger partial charge in [-0.2, -0.15) is 0 Å². The minimum absolute atomic E-state index is 0.0500. The molecule has 37 heavy (non-hydrogen) atoms. The Morgan fingerprint density at radius 2 is 1.89 bits per heavy atom. The molecule has 2 aromatic carbocycles. The molecule has 0 aliphatic carbocycles. The SMILES string of the molecule is C[C@@H]1CCC[C@H](N2CCC(c3c(F)ccc(Cl)c3F)=CC2=O)c2cc(ccn2)-c2ccccc2NC1=O. The van der Waals surface area contributed by atoms with Crippen molar-refractivity contribution in [2.75, 3.05) is 11.9 Å². The molecule has 2 aliphatic heterocycles. The average molecular weight is 522 g/mol. The summed E-state index contributed by atoms with van der Waals surface area (Å²) in [4.78, 5) is 32.5. The molecule has 1 aromatic heterocycles. The maximum atomic E-state index is 14.6. The third-order valence-corrected chi connectivity index (χ3v) is 7.42. The molecule has 5 rings (SSSR count). The van der Waals surface area contributed by atoms with Crippen molar-refractivity contribution < 1.29 is 18.4 Å². The van der Waals surface area contributed by atoms with E-state index in [1.807, 2.05) is 43.3 Å². The number of nitrogens with one attached hydrogen (secondary N) is 1. The number of anilines is 1. The summed E-state index contributed by atoms with van der Waals surface area (Å²) in [5.41, 5.74) is 3.23. The van der Waals surface area contributed by atoms with Gasteiger partial charge in [-0.05, 0) is 60.7 Å². The van der Waals surface area contributed by atoms with Gasteiger partial charge in [0.05, 0.1) is 22.3 Å². The molecule has 0 spiro atoms. The lowest BCUT2D eigenvalue weighted by atomic mass is 9.92. The number of rotatable bonds is 2. The highest BCUT2D eigenvalue weighted by atomic mass is 35.5. The zero-order chi connectivity index (χ0) is 26.1. The van der Waals surface area contributed by atoms with E-state index in [1.165, 1.54) is 6.08 Å². The normalized spacial score (nSPS) is 20.3. The maximum absolute atomic E-state index is 14.6. The lowest BCUT2D eigenvalue weighted by Crippen LogP contribution is -2.38. The topological polar surface area (TPSA) is 62.3 Å². The lowest BCUT2D eigenvalue weighted by molar-refractivity contribution is -0.129. The van der Waals surface area contributed by atoms with Gasteiger partial charge < -0.3 is 10.2 Å². The van der Waals surface area contributed by atoms with E-state index in [4.69, 9.17) is 11.6 Å². The second-order valence-corrected chi connectivity index (χ2v) is 9.93. The van der Waals surface area contributed by atoms with Crippen molar-refractivity contribution in [3.05, 3.63) is 88.7 Å². The Hall–Kier alpha value is -3.58. The molecule has 0 saturated heterocycles. The lowest BCUT2D eigenvalue weighted by Gasteiger charge is -2.34. The van der Waals surface area contributed by atoms with Gasteiger partial charge in [-0.1, -0.05) is 43.1 Å². The molecule has 0 saturated carbocycles. The van der Waals surface area contributed by atoms with Crippen molar-refractivity contribution in [1.29, 1.82) is 0 Å². The van der Waals surface area contributed by atoms with Gasteiger partial charge in [0.2, 0.25) is 11.8 Å². The van der Waals surface area contributed by atoms with E-state index in [0.717, 1.165) is 34.6 Å². The van der Waals surface area contributed by atoms with Crippen molar-refractivity contribution in [2.45, 2.75) is 38.6 Å². The largest absolute Gasteiger partial charge is 0.330 e. The van der Waals surface area contributed by atoms with Crippen molar-refractivity contribution in [2.24, 2.45) is 5.92 Å². The Bertz CT molecular complexity index is 1410. The number of carbonyl (C=O) groups excluding carboxylic acids is 2. The van der Waals surface area contributed by atoms with Crippen LogP contribution in [0.5, 0.6) is 0 Å². The number of para-hydroxylation sites is 1. The number of carbonyl (C=O) groups is 2. The summed E-state index contributed by atoms with van der Waals surface area (Å²) >= 11 is 5.87. The average Bonchev–Trinajstić information content (AvgIpc) is 2.89. The fourth-order valence-corrected chi connectivity index (χ4v) is 5.25.